The lowest BCUT2D eigenvalue weighted by Crippen LogP contribution is -2.21. The van der Waals surface area contributed by atoms with Crippen molar-refractivity contribution in [3.63, 3.8) is 0 Å². The Morgan fingerprint density at radius 3 is 2.39 bits per heavy atom. The van der Waals surface area contributed by atoms with Crippen molar-refractivity contribution in [2.75, 3.05) is 5.75 Å². The number of benzene rings is 2. The Morgan fingerprint density at radius 2 is 1.73 bits per heavy atom. The highest BCUT2D eigenvalue weighted by Gasteiger charge is 2.17. The van der Waals surface area contributed by atoms with Crippen LogP contribution in [0.1, 0.15) is 35.0 Å². The number of pyridine rings is 1. The standard InChI is InChI=1S/C25H24N2O3S3/c1-2-3-14-31-20-6-10-22(11-7-20)33(29,30)21-8-4-18(5-9-21)16-27-25(28)23-15-19-12-13-26-17-24(19)32-23/h4-13,15,17H,2-3,14,16H2,1H3,(H,27,28). The number of hydrogen-bond donors (Lipinski definition) is 1. The van der Waals surface area contributed by atoms with Crippen LogP contribution in [-0.4, -0.2) is 25.1 Å². The Hall–Kier alpha value is -2.68. The lowest BCUT2D eigenvalue weighted by Gasteiger charge is -2.08. The number of carbonyl (C=O) groups is 1. The van der Waals surface area contributed by atoms with E-state index >= 15 is 0 Å². The van der Waals surface area contributed by atoms with Gasteiger partial charge in [-0.3, -0.25) is 9.78 Å². The molecule has 2 heterocycles. The molecule has 0 saturated heterocycles. The van der Waals surface area contributed by atoms with Gasteiger partial charge in [-0.05, 0) is 71.7 Å². The highest BCUT2D eigenvalue weighted by molar-refractivity contribution is 7.99. The van der Waals surface area contributed by atoms with Gasteiger partial charge < -0.3 is 5.32 Å². The van der Waals surface area contributed by atoms with E-state index in [4.69, 9.17) is 0 Å². The zero-order valence-electron chi connectivity index (χ0n) is 18.2. The first-order valence-corrected chi connectivity index (χ1v) is 13.9. The van der Waals surface area contributed by atoms with Crippen LogP contribution >= 0.6 is 23.1 Å². The first-order valence-electron chi connectivity index (χ1n) is 10.7. The summed E-state index contributed by atoms with van der Waals surface area (Å²) in [5.41, 5.74) is 0.827. The van der Waals surface area contributed by atoms with Crippen LogP contribution in [0.5, 0.6) is 0 Å². The van der Waals surface area contributed by atoms with E-state index in [1.807, 2.05) is 24.3 Å². The molecular formula is C25H24N2O3S3. The molecule has 0 bridgehead atoms. The van der Waals surface area contributed by atoms with Crippen molar-refractivity contribution >= 4 is 48.9 Å². The molecule has 1 N–H and O–H groups in total. The molecule has 2 aromatic heterocycles. The minimum absolute atomic E-state index is 0.162. The number of nitrogens with one attached hydrogen (secondary N) is 1. The van der Waals surface area contributed by atoms with Gasteiger partial charge in [0, 0.05) is 23.8 Å². The number of carbonyl (C=O) groups excluding carboxylic acids is 1. The summed E-state index contributed by atoms with van der Waals surface area (Å²) < 4.78 is 26.9. The molecule has 4 aromatic rings. The zero-order valence-corrected chi connectivity index (χ0v) is 20.6. The molecule has 2 aromatic carbocycles. The van der Waals surface area contributed by atoms with Crippen LogP contribution in [-0.2, 0) is 16.4 Å². The maximum Gasteiger partial charge on any atom is 0.261 e. The van der Waals surface area contributed by atoms with E-state index in [2.05, 4.69) is 17.2 Å². The van der Waals surface area contributed by atoms with Gasteiger partial charge in [-0.1, -0.05) is 25.5 Å². The fraction of sp³-hybridized carbons (Fsp3) is 0.200. The largest absolute Gasteiger partial charge is 0.347 e. The molecule has 0 atom stereocenters. The van der Waals surface area contributed by atoms with Gasteiger partial charge in [0.05, 0.1) is 19.4 Å². The Balaban J connectivity index is 1.39. The van der Waals surface area contributed by atoms with Gasteiger partial charge >= 0.3 is 0 Å². The second-order valence-electron chi connectivity index (χ2n) is 7.53. The fourth-order valence-electron chi connectivity index (χ4n) is 3.24. The number of fused-ring (bicyclic) bond motifs is 1. The second-order valence-corrected chi connectivity index (χ2v) is 11.7. The van der Waals surface area contributed by atoms with Gasteiger partial charge in [0.2, 0.25) is 9.84 Å². The Kier molecular flexibility index (Phi) is 7.47. The molecule has 33 heavy (non-hydrogen) atoms. The van der Waals surface area contributed by atoms with Crippen molar-refractivity contribution in [2.45, 2.75) is 41.0 Å². The molecule has 0 aliphatic heterocycles. The maximum absolute atomic E-state index is 13.0. The van der Waals surface area contributed by atoms with Gasteiger partial charge in [0.15, 0.2) is 0 Å². The van der Waals surface area contributed by atoms with Crippen LogP contribution in [0.4, 0.5) is 0 Å². The van der Waals surface area contributed by atoms with E-state index in [0.29, 0.717) is 11.4 Å². The van der Waals surface area contributed by atoms with Crippen LogP contribution in [0.2, 0.25) is 0 Å². The maximum atomic E-state index is 13.0. The number of hydrogen-bond acceptors (Lipinski definition) is 6. The van der Waals surface area contributed by atoms with Crippen LogP contribution in [0.3, 0.4) is 0 Å². The quantitative estimate of drug-likeness (QED) is 0.229. The van der Waals surface area contributed by atoms with E-state index in [0.717, 1.165) is 39.1 Å². The Labute approximate surface area is 202 Å². The summed E-state index contributed by atoms with van der Waals surface area (Å²) in [7, 11) is -3.59. The van der Waals surface area contributed by atoms with E-state index in [-0.39, 0.29) is 15.7 Å². The molecule has 170 valence electrons. The molecule has 0 radical (unpaired) electrons. The number of nitrogens with zero attached hydrogens (tertiary/aromatic N) is 1. The van der Waals surface area contributed by atoms with Crippen LogP contribution in [0, 0.1) is 0 Å². The molecule has 0 fully saturated rings. The molecule has 4 rings (SSSR count). The topological polar surface area (TPSA) is 76.1 Å². The Morgan fingerprint density at radius 1 is 1.03 bits per heavy atom. The predicted molar refractivity (Wildman–Crippen MR) is 135 cm³/mol. The summed E-state index contributed by atoms with van der Waals surface area (Å²) in [6, 6.07) is 17.4. The normalized spacial score (nSPS) is 11.5. The smallest absolute Gasteiger partial charge is 0.261 e. The Bertz CT molecular complexity index is 1310. The summed E-state index contributed by atoms with van der Waals surface area (Å²) in [5.74, 6) is 0.866. The summed E-state index contributed by atoms with van der Waals surface area (Å²) in [4.78, 5) is 18.8. The zero-order chi connectivity index (χ0) is 23.3. The van der Waals surface area contributed by atoms with Crippen molar-refractivity contribution in [3.8, 4) is 0 Å². The number of rotatable bonds is 9. The van der Waals surface area contributed by atoms with Crippen LogP contribution in [0.25, 0.3) is 10.1 Å². The molecule has 0 aliphatic rings. The molecule has 0 aliphatic carbocycles. The third-order valence-corrected chi connectivity index (χ3v) is 9.10. The van der Waals surface area contributed by atoms with Crippen LogP contribution < -0.4 is 5.32 Å². The van der Waals surface area contributed by atoms with E-state index in [1.165, 1.54) is 11.3 Å². The van der Waals surface area contributed by atoms with Gasteiger partial charge in [0.1, 0.15) is 0 Å². The highest BCUT2D eigenvalue weighted by Crippen LogP contribution is 2.26. The molecule has 1 amide bonds. The second kappa shape index (κ2) is 10.5. The molecule has 0 saturated carbocycles. The van der Waals surface area contributed by atoms with Gasteiger partial charge in [-0.2, -0.15) is 0 Å². The predicted octanol–water partition coefficient (Wildman–Crippen LogP) is 5.95. The molecule has 0 unspecified atom stereocenters. The van der Waals surface area contributed by atoms with Crippen molar-refractivity contribution in [2.24, 2.45) is 0 Å². The van der Waals surface area contributed by atoms with Crippen molar-refractivity contribution < 1.29 is 13.2 Å². The average molecular weight is 497 g/mol. The van der Waals surface area contributed by atoms with E-state index in [9.17, 15) is 13.2 Å². The molecule has 0 spiro atoms. The lowest BCUT2D eigenvalue weighted by molar-refractivity contribution is 0.0955. The number of thioether (sulfide) groups is 1. The molecule has 5 nitrogen and oxygen atoms in total. The van der Waals surface area contributed by atoms with E-state index in [1.54, 1.807) is 60.6 Å². The van der Waals surface area contributed by atoms with Crippen molar-refractivity contribution in [3.05, 3.63) is 83.5 Å². The van der Waals surface area contributed by atoms with Gasteiger partial charge in [-0.15, -0.1) is 23.1 Å². The number of unbranched alkanes of at least 4 members (excludes halogenated alkanes) is 1. The van der Waals surface area contributed by atoms with Gasteiger partial charge in [-0.25, -0.2) is 8.42 Å². The monoisotopic (exact) mass is 496 g/mol. The van der Waals surface area contributed by atoms with Gasteiger partial charge in [0.25, 0.3) is 5.91 Å². The van der Waals surface area contributed by atoms with Crippen LogP contribution in [0.15, 0.2) is 87.7 Å². The number of aromatic nitrogens is 1. The summed E-state index contributed by atoms with van der Waals surface area (Å²) in [6.45, 7) is 2.47. The fourth-order valence-corrected chi connectivity index (χ4v) is 6.44. The number of sulfone groups is 1. The SMILES string of the molecule is CCCCSc1ccc(S(=O)(=O)c2ccc(CNC(=O)c3cc4ccncc4s3)cc2)cc1. The van der Waals surface area contributed by atoms with Crippen molar-refractivity contribution in [1.82, 2.24) is 10.3 Å². The third kappa shape index (κ3) is 5.63. The minimum atomic E-state index is -3.59. The molecule has 8 heteroatoms. The third-order valence-electron chi connectivity index (χ3n) is 5.13. The summed E-state index contributed by atoms with van der Waals surface area (Å²) in [5, 5.41) is 3.88. The first-order chi connectivity index (χ1) is 16.0. The summed E-state index contributed by atoms with van der Waals surface area (Å²) >= 11 is 3.13. The highest BCUT2D eigenvalue weighted by atomic mass is 32.2. The summed E-state index contributed by atoms with van der Waals surface area (Å²) in [6.07, 6.45) is 5.73. The lowest BCUT2D eigenvalue weighted by atomic mass is 10.2. The minimum Gasteiger partial charge on any atom is -0.347 e. The number of thiophene rings is 1. The first kappa shape index (κ1) is 23.5. The average Bonchev–Trinajstić information content (AvgIpc) is 3.28. The molecular weight excluding hydrogens is 472 g/mol. The number of amides is 1. The van der Waals surface area contributed by atoms with Crippen molar-refractivity contribution in [1.29, 1.82) is 0 Å². The van der Waals surface area contributed by atoms with E-state index < -0.39 is 9.84 Å².